The van der Waals surface area contributed by atoms with Crippen molar-refractivity contribution in [1.82, 2.24) is 4.98 Å². The number of nitrogens with zero attached hydrogens (tertiary/aromatic N) is 1. The third kappa shape index (κ3) is 4.45. The Labute approximate surface area is 180 Å². The molecule has 3 aromatic rings. The number of hydrogen-bond acceptors (Lipinski definition) is 5. The molecule has 0 fully saturated rings. The monoisotopic (exact) mass is 436 g/mol. The van der Waals surface area contributed by atoms with Gasteiger partial charge in [-0.05, 0) is 61.5 Å². The number of amides is 2. The summed E-state index contributed by atoms with van der Waals surface area (Å²) in [5.41, 5.74) is 1.42. The van der Waals surface area contributed by atoms with Crippen LogP contribution in [0, 0.1) is 12.1 Å². The summed E-state index contributed by atoms with van der Waals surface area (Å²) in [5.74, 6) is 0.0466. The van der Waals surface area contributed by atoms with Gasteiger partial charge in [0.25, 0.3) is 5.91 Å². The van der Waals surface area contributed by atoms with E-state index in [-0.39, 0.29) is 17.1 Å². The fourth-order valence-electron chi connectivity index (χ4n) is 2.67. The van der Waals surface area contributed by atoms with E-state index in [9.17, 15) is 13.8 Å². The second-order valence-corrected chi connectivity index (χ2v) is 8.93. The topological polar surface area (TPSA) is 100 Å². The Balaban J connectivity index is 1.42. The van der Waals surface area contributed by atoms with Crippen molar-refractivity contribution in [2.24, 2.45) is 0 Å². The normalized spacial score (nSPS) is 15.9. The molecule has 0 radical (unpaired) electrons. The van der Waals surface area contributed by atoms with Crippen LogP contribution >= 0.6 is 11.8 Å². The highest BCUT2D eigenvalue weighted by Crippen LogP contribution is 2.36. The van der Waals surface area contributed by atoms with E-state index in [2.05, 4.69) is 32.5 Å². The first-order valence-corrected chi connectivity index (χ1v) is 11.0. The fraction of sp³-hybridized carbons (Fsp3) is 0.0952. The maximum atomic E-state index is 12.6. The number of carbonyl (C=O) groups is 2. The lowest BCUT2D eigenvalue weighted by Crippen LogP contribution is -2.26. The highest BCUT2D eigenvalue weighted by Gasteiger charge is 2.23. The van der Waals surface area contributed by atoms with Gasteiger partial charge < -0.3 is 10.6 Å². The lowest BCUT2D eigenvalue weighted by Gasteiger charge is -2.21. The van der Waals surface area contributed by atoms with Crippen molar-refractivity contribution in [2.75, 3.05) is 15.4 Å². The third-order valence-electron chi connectivity index (χ3n) is 4.20. The molecule has 2 amide bonds. The zero-order chi connectivity index (χ0) is 21.1. The van der Waals surface area contributed by atoms with E-state index in [1.165, 1.54) is 11.8 Å². The van der Waals surface area contributed by atoms with E-state index in [0.29, 0.717) is 27.7 Å². The molecule has 30 heavy (non-hydrogen) atoms. The van der Waals surface area contributed by atoms with Crippen LogP contribution in [0.15, 0.2) is 64.5 Å². The van der Waals surface area contributed by atoms with Gasteiger partial charge in [-0.1, -0.05) is 6.07 Å². The molecule has 0 saturated heterocycles. The second-order valence-electron chi connectivity index (χ2n) is 6.36. The van der Waals surface area contributed by atoms with E-state index in [0.717, 1.165) is 4.90 Å². The van der Waals surface area contributed by atoms with Crippen molar-refractivity contribution in [1.29, 1.82) is 0 Å². The van der Waals surface area contributed by atoms with E-state index >= 15 is 0 Å². The smallest absolute Gasteiger partial charge is 0.256 e. The van der Waals surface area contributed by atoms with Gasteiger partial charge >= 0.3 is 0 Å². The molecule has 1 aliphatic heterocycles. The standard InChI is InChI=1S/C21H16N4O3S2/c1-13-20(26)24-17-12-14(5-10-18(17)29-13)21(27)23-15-6-8-16(9-7-15)30(28)25-19-4-2-3-11-22-19/h2-6,8,10-13H,1H3,(H,22,25)(H,23,27)(H,24,26). The first-order chi connectivity index (χ1) is 14.5. The number of nitrogens with one attached hydrogen (secondary N) is 3. The van der Waals surface area contributed by atoms with E-state index < -0.39 is 11.0 Å². The van der Waals surface area contributed by atoms with Crippen LogP contribution in [0.2, 0.25) is 0 Å². The number of hydrogen-bond donors (Lipinski definition) is 3. The summed E-state index contributed by atoms with van der Waals surface area (Å²) in [4.78, 5) is 29.8. The van der Waals surface area contributed by atoms with E-state index in [1.807, 2.05) is 13.0 Å². The first kappa shape index (κ1) is 19.9. The molecule has 2 atom stereocenters. The van der Waals surface area contributed by atoms with Crippen molar-refractivity contribution in [3.05, 3.63) is 72.4 Å². The van der Waals surface area contributed by atoms with Crippen LogP contribution in [-0.4, -0.2) is 26.3 Å². The van der Waals surface area contributed by atoms with Crippen LogP contribution in [0.25, 0.3) is 0 Å². The zero-order valence-electron chi connectivity index (χ0n) is 15.8. The van der Waals surface area contributed by atoms with Crippen LogP contribution in [0.5, 0.6) is 0 Å². The largest absolute Gasteiger partial charge is 0.324 e. The Morgan fingerprint density at radius 1 is 1.20 bits per heavy atom. The summed E-state index contributed by atoms with van der Waals surface area (Å²) in [5, 5.41) is 5.36. The molecule has 0 saturated carbocycles. The number of carbonyl (C=O) groups excluding carboxylic acids is 2. The van der Waals surface area contributed by atoms with Crippen molar-refractivity contribution in [3.63, 3.8) is 0 Å². The van der Waals surface area contributed by atoms with Gasteiger partial charge in [-0.3, -0.25) is 14.3 Å². The van der Waals surface area contributed by atoms with Gasteiger partial charge in [-0.15, -0.1) is 11.8 Å². The highest BCUT2D eigenvalue weighted by atomic mass is 32.2. The highest BCUT2D eigenvalue weighted by molar-refractivity contribution is 8.01. The van der Waals surface area contributed by atoms with Crippen LogP contribution < -0.4 is 15.4 Å². The number of anilines is 3. The number of fused-ring (bicyclic) bond motifs is 1. The molecule has 7 nitrogen and oxygen atoms in total. The second kappa shape index (κ2) is 8.57. The first-order valence-electron chi connectivity index (χ1n) is 8.96. The molecule has 1 aromatic heterocycles. The summed E-state index contributed by atoms with van der Waals surface area (Å²) in [7, 11) is -1.55. The van der Waals surface area contributed by atoms with Crippen molar-refractivity contribution in [2.45, 2.75) is 22.0 Å². The molecule has 0 aliphatic carbocycles. The van der Waals surface area contributed by atoms with Gasteiger partial charge in [-0.25, -0.2) is 9.19 Å². The van der Waals surface area contributed by atoms with Crippen LogP contribution in [0.1, 0.15) is 17.3 Å². The number of thioether (sulfide) groups is 1. The van der Waals surface area contributed by atoms with E-state index in [4.69, 9.17) is 0 Å². The minimum absolute atomic E-state index is 0.0871. The molecular formula is C21H16N4O3S2. The summed E-state index contributed by atoms with van der Waals surface area (Å²) in [6.45, 7) is 1.83. The van der Waals surface area contributed by atoms with Crippen LogP contribution in [-0.2, 0) is 15.8 Å². The molecule has 0 bridgehead atoms. The Bertz CT molecular complexity index is 1120. The quantitative estimate of drug-likeness (QED) is 0.568. The van der Waals surface area contributed by atoms with Gasteiger partial charge in [0.15, 0.2) is 11.0 Å². The Kier molecular flexibility index (Phi) is 5.70. The Hall–Kier alpha value is -3.35. The summed E-state index contributed by atoms with van der Waals surface area (Å²) < 4.78 is 15.1. The van der Waals surface area contributed by atoms with Crippen molar-refractivity contribution >= 4 is 51.8 Å². The average molecular weight is 437 g/mol. The zero-order valence-corrected chi connectivity index (χ0v) is 17.4. The Morgan fingerprint density at radius 2 is 2.07 bits per heavy atom. The minimum Gasteiger partial charge on any atom is -0.324 e. The van der Waals surface area contributed by atoms with Gasteiger partial charge in [0.1, 0.15) is 10.7 Å². The van der Waals surface area contributed by atoms with Gasteiger partial charge in [0.2, 0.25) is 5.91 Å². The number of rotatable bonds is 5. The third-order valence-corrected chi connectivity index (χ3v) is 6.41. The summed E-state index contributed by atoms with van der Waals surface area (Å²) in [6.07, 6.45) is 1.60. The van der Waals surface area contributed by atoms with Gasteiger partial charge in [-0.2, -0.15) is 0 Å². The van der Waals surface area contributed by atoms with Crippen molar-refractivity contribution in [3.8, 4) is 0 Å². The SMILES string of the molecule is CC1Sc2ccc(C(=O)Nc3c#cc(S(=O)Nc4ccccn4)cc3)cc2NC1=O. The molecule has 4 rings (SSSR count). The minimum atomic E-state index is -1.55. The van der Waals surface area contributed by atoms with Crippen molar-refractivity contribution < 1.29 is 13.8 Å². The molecule has 2 heterocycles. The van der Waals surface area contributed by atoms with Gasteiger partial charge in [0.05, 0.1) is 16.6 Å². The molecular weight excluding hydrogens is 420 g/mol. The number of pyridine rings is 1. The number of aromatic nitrogens is 1. The maximum absolute atomic E-state index is 12.6. The predicted octanol–water partition coefficient (Wildman–Crippen LogP) is 3.50. The summed E-state index contributed by atoms with van der Waals surface area (Å²) in [6, 6.07) is 19.2. The molecule has 3 N–H and O–H groups in total. The molecule has 1 aliphatic rings. The predicted molar refractivity (Wildman–Crippen MR) is 117 cm³/mol. The molecule has 150 valence electrons. The lowest BCUT2D eigenvalue weighted by molar-refractivity contribution is -0.115. The van der Waals surface area contributed by atoms with Gasteiger partial charge in [0, 0.05) is 16.7 Å². The molecule has 0 spiro atoms. The lowest BCUT2D eigenvalue weighted by atomic mass is 10.1. The maximum Gasteiger partial charge on any atom is 0.256 e. The summed E-state index contributed by atoms with van der Waals surface area (Å²) >= 11 is 1.45. The molecule has 2 aromatic carbocycles. The molecule has 2 unspecified atom stereocenters. The number of benzene rings is 1. The van der Waals surface area contributed by atoms with Crippen LogP contribution in [0.3, 0.4) is 0 Å². The Morgan fingerprint density at radius 3 is 2.80 bits per heavy atom. The molecule has 9 heteroatoms. The van der Waals surface area contributed by atoms with E-state index in [1.54, 1.807) is 48.7 Å². The van der Waals surface area contributed by atoms with Crippen LogP contribution in [0.4, 0.5) is 17.2 Å². The average Bonchev–Trinajstić information content (AvgIpc) is 2.75. The fourth-order valence-corrected chi connectivity index (χ4v) is 4.36.